The Hall–Kier alpha value is -1.98. The molecule has 0 amide bonds. The molecule has 2 aliphatic rings. The van der Waals surface area contributed by atoms with E-state index in [0.717, 1.165) is 30.4 Å². The lowest BCUT2D eigenvalue weighted by Gasteiger charge is -2.31. The predicted octanol–water partition coefficient (Wildman–Crippen LogP) is 4.16. The standard InChI is InChI=1S/C23H27NO3S/c1-17-6-8-19(9-7-17)23(25)20-12-14-24(15-13-20)28(26,27)22-11-10-18-4-2-3-5-21(18)16-22/h6-11,16,20H,2-5,12-15H2,1H3. The van der Waals surface area contributed by atoms with Gasteiger partial charge in [-0.05, 0) is 68.7 Å². The number of aryl methyl sites for hydroxylation is 3. The lowest BCUT2D eigenvalue weighted by Crippen LogP contribution is -2.40. The van der Waals surface area contributed by atoms with Crippen molar-refractivity contribution >= 4 is 15.8 Å². The Morgan fingerprint density at radius 2 is 1.57 bits per heavy atom. The highest BCUT2D eigenvalue weighted by Gasteiger charge is 2.32. The molecule has 0 bridgehead atoms. The molecule has 2 aromatic carbocycles. The van der Waals surface area contributed by atoms with Crippen LogP contribution in [-0.4, -0.2) is 31.6 Å². The van der Waals surface area contributed by atoms with Crippen LogP contribution < -0.4 is 0 Å². The van der Waals surface area contributed by atoms with Crippen LogP contribution in [0.1, 0.15) is 52.7 Å². The first kappa shape index (κ1) is 19.3. The third-order valence-corrected chi connectivity index (χ3v) is 8.01. The van der Waals surface area contributed by atoms with Crippen LogP contribution in [0, 0.1) is 12.8 Å². The number of hydrogen-bond donors (Lipinski definition) is 0. The van der Waals surface area contributed by atoms with Gasteiger partial charge in [-0.15, -0.1) is 0 Å². The summed E-state index contributed by atoms with van der Waals surface area (Å²) < 4.78 is 27.7. The molecule has 4 rings (SSSR count). The molecule has 0 spiro atoms. The van der Waals surface area contributed by atoms with Gasteiger partial charge >= 0.3 is 0 Å². The number of ketones is 1. The molecule has 1 saturated heterocycles. The molecular formula is C23H27NO3S. The quantitative estimate of drug-likeness (QED) is 0.728. The Morgan fingerprint density at radius 3 is 2.25 bits per heavy atom. The maximum atomic E-state index is 13.1. The smallest absolute Gasteiger partial charge is 0.243 e. The summed E-state index contributed by atoms with van der Waals surface area (Å²) in [7, 11) is -3.49. The molecule has 0 unspecified atom stereocenters. The predicted molar refractivity (Wildman–Crippen MR) is 110 cm³/mol. The fourth-order valence-electron chi connectivity index (χ4n) is 4.33. The molecular weight excluding hydrogens is 370 g/mol. The molecule has 4 nitrogen and oxygen atoms in total. The third kappa shape index (κ3) is 3.78. The molecule has 1 fully saturated rings. The summed E-state index contributed by atoms with van der Waals surface area (Å²) in [6, 6.07) is 13.2. The highest BCUT2D eigenvalue weighted by atomic mass is 32.2. The summed E-state index contributed by atoms with van der Waals surface area (Å²) in [5.74, 6) is 0.0310. The van der Waals surface area contributed by atoms with Gasteiger partial charge in [-0.1, -0.05) is 35.9 Å². The summed E-state index contributed by atoms with van der Waals surface area (Å²) in [4.78, 5) is 13.1. The number of benzene rings is 2. The van der Waals surface area contributed by atoms with Crippen LogP contribution in [0.3, 0.4) is 0 Å². The molecule has 1 heterocycles. The van der Waals surface area contributed by atoms with Crippen LogP contribution in [0.5, 0.6) is 0 Å². The van der Waals surface area contributed by atoms with Gasteiger partial charge in [0.05, 0.1) is 4.90 Å². The molecule has 0 N–H and O–H groups in total. The van der Waals surface area contributed by atoms with Gasteiger partial charge < -0.3 is 0 Å². The van der Waals surface area contributed by atoms with Crippen LogP contribution in [0.4, 0.5) is 0 Å². The van der Waals surface area contributed by atoms with Gasteiger partial charge in [-0.3, -0.25) is 4.79 Å². The average molecular weight is 398 g/mol. The maximum Gasteiger partial charge on any atom is 0.243 e. The van der Waals surface area contributed by atoms with Crippen molar-refractivity contribution in [1.82, 2.24) is 4.31 Å². The SMILES string of the molecule is Cc1ccc(C(=O)C2CCN(S(=O)(=O)c3ccc4c(c3)CCCC4)CC2)cc1. The van der Waals surface area contributed by atoms with Crippen molar-refractivity contribution < 1.29 is 13.2 Å². The number of fused-ring (bicyclic) bond motifs is 1. The van der Waals surface area contributed by atoms with Crippen molar-refractivity contribution in [3.05, 3.63) is 64.7 Å². The minimum Gasteiger partial charge on any atom is -0.294 e. The second kappa shape index (κ2) is 7.80. The largest absolute Gasteiger partial charge is 0.294 e. The van der Waals surface area contributed by atoms with E-state index in [0.29, 0.717) is 30.8 Å². The fourth-order valence-corrected chi connectivity index (χ4v) is 5.85. The normalized spacial score (nSPS) is 18.6. The zero-order valence-electron chi connectivity index (χ0n) is 16.4. The van der Waals surface area contributed by atoms with Crippen LogP contribution in [0.15, 0.2) is 47.4 Å². The van der Waals surface area contributed by atoms with E-state index in [2.05, 4.69) is 0 Å². The van der Waals surface area contributed by atoms with Gasteiger partial charge in [-0.2, -0.15) is 4.31 Å². The van der Waals surface area contributed by atoms with E-state index in [9.17, 15) is 13.2 Å². The molecule has 2 aromatic rings. The van der Waals surface area contributed by atoms with Gasteiger partial charge in [0.1, 0.15) is 0 Å². The van der Waals surface area contributed by atoms with Crippen LogP contribution in [0.25, 0.3) is 0 Å². The van der Waals surface area contributed by atoms with E-state index in [1.165, 1.54) is 17.5 Å². The molecule has 0 atom stereocenters. The monoisotopic (exact) mass is 397 g/mol. The zero-order valence-corrected chi connectivity index (χ0v) is 17.2. The second-order valence-electron chi connectivity index (χ2n) is 8.05. The fraction of sp³-hybridized carbons (Fsp3) is 0.435. The Morgan fingerprint density at radius 1 is 0.929 bits per heavy atom. The molecule has 0 radical (unpaired) electrons. The van der Waals surface area contributed by atoms with E-state index in [-0.39, 0.29) is 11.7 Å². The number of rotatable bonds is 4. The highest BCUT2D eigenvalue weighted by molar-refractivity contribution is 7.89. The Bertz CT molecular complexity index is 971. The van der Waals surface area contributed by atoms with Gasteiger partial charge in [-0.25, -0.2) is 8.42 Å². The van der Waals surface area contributed by atoms with E-state index >= 15 is 0 Å². The first-order chi connectivity index (χ1) is 13.4. The number of sulfonamides is 1. The van der Waals surface area contributed by atoms with Crippen molar-refractivity contribution in [1.29, 1.82) is 0 Å². The van der Waals surface area contributed by atoms with E-state index in [1.807, 2.05) is 43.3 Å². The summed E-state index contributed by atoms with van der Waals surface area (Å²) in [5, 5.41) is 0. The number of Topliss-reactive ketones (excluding diaryl/α,β-unsaturated/α-hetero) is 1. The lowest BCUT2D eigenvalue weighted by molar-refractivity contribution is 0.0875. The molecule has 0 aromatic heterocycles. The summed E-state index contributed by atoms with van der Waals surface area (Å²) in [5.41, 5.74) is 4.31. The molecule has 1 aliphatic heterocycles. The van der Waals surface area contributed by atoms with Gasteiger partial charge in [0, 0.05) is 24.6 Å². The zero-order chi connectivity index (χ0) is 19.7. The molecule has 28 heavy (non-hydrogen) atoms. The van der Waals surface area contributed by atoms with Crippen molar-refractivity contribution in [2.75, 3.05) is 13.1 Å². The van der Waals surface area contributed by atoms with E-state index in [4.69, 9.17) is 0 Å². The first-order valence-electron chi connectivity index (χ1n) is 10.2. The topological polar surface area (TPSA) is 54.5 Å². The number of carbonyl (C=O) groups is 1. The number of hydrogen-bond acceptors (Lipinski definition) is 3. The molecule has 1 aliphatic carbocycles. The molecule has 148 valence electrons. The summed E-state index contributed by atoms with van der Waals surface area (Å²) >= 11 is 0. The number of nitrogens with zero attached hydrogens (tertiary/aromatic N) is 1. The molecule has 5 heteroatoms. The summed E-state index contributed by atoms with van der Waals surface area (Å²) in [6.07, 6.45) is 5.48. The maximum absolute atomic E-state index is 13.1. The average Bonchev–Trinajstić information content (AvgIpc) is 2.73. The highest BCUT2D eigenvalue weighted by Crippen LogP contribution is 2.29. The van der Waals surface area contributed by atoms with Gasteiger partial charge in [0.2, 0.25) is 10.0 Å². The Balaban J connectivity index is 1.45. The molecule has 0 saturated carbocycles. The van der Waals surface area contributed by atoms with E-state index < -0.39 is 10.0 Å². The van der Waals surface area contributed by atoms with Gasteiger partial charge in [0.15, 0.2) is 5.78 Å². The van der Waals surface area contributed by atoms with Gasteiger partial charge in [0.25, 0.3) is 0 Å². The van der Waals surface area contributed by atoms with Crippen LogP contribution in [0.2, 0.25) is 0 Å². The number of piperidine rings is 1. The Labute approximate surface area is 167 Å². The lowest BCUT2D eigenvalue weighted by atomic mass is 9.89. The minimum atomic E-state index is -3.49. The summed E-state index contributed by atoms with van der Waals surface area (Å²) in [6.45, 7) is 2.81. The minimum absolute atomic E-state index is 0.0994. The Kier molecular flexibility index (Phi) is 5.39. The van der Waals surface area contributed by atoms with Crippen molar-refractivity contribution in [2.45, 2.75) is 50.3 Å². The third-order valence-electron chi connectivity index (χ3n) is 6.12. The van der Waals surface area contributed by atoms with Crippen molar-refractivity contribution in [2.24, 2.45) is 5.92 Å². The van der Waals surface area contributed by atoms with E-state index in [1.54, 1.807) is 10.4 Å². The first-order valence-corrected chi connectivity index (χ1v) is 11.6. The second-order valence-corrected chi connectivity index (χ2v) is 9.98. The number of carbonyl (C=O) groups excluding carboxylic acids is 1. The van der Waals surface area contributed by atoms with Crippen molar-refractivity contribution in [3.8, 4) is 0 Å². The van der Waals surface area contributed by atoms with Crippen LogP contribution >= 0.6 is 0 Å². The van der Waals surface area contributed by atoms with Crippen LogP contribution in [-0.2, 0) is 22.9 Å². The van der Waals surface area contributed by atoms with Crippen molar-refractivity contribution in [3.63, 3.8) is 0 Å².